The molecule has 162 valence electrons. The molecule has 3 aromatic heterocycles. The van der Waals surface area contributed by atoms with Crippen molar-refractivity contribution >= 4 is 17.8 Å². The third kappa shape index (κ3) is 5.44. The maximum absolute atomic E-state index is 12.1. The number of hydrogen-bond acceptors (Lipinski definition) is 6. The maximum Gasteiger partial charge on any atom is 0.327 e. The van der Waals surface area contributed by atoms with E-state index in [4.69, 9.17) is 4.74 Å². The standard InChI is InChI=1S/C22H26N6O3/c1-13-9-18(26-21(30)27-20(29)22(3,4)5)25-14(2)19(13)31-16-7-8-23-17(10-16)15-11-24-28(6)12-15/h7-12H,1-6H3,(H2,25,26,27,29,30). The molecule has 3 heterocycles. The highest BCUT2D eigenvalue weighted by Gasteiger charge is 2.23. The molecule has 3 amide bonds. The lowest BCUT2D eigenvalue weighted by Gasteiger charge is -2.17. The molecule has 0 saturated heterocycles. The molecular weight excluding hydrogens is 396 g/mol. The van der Waals surface area contributed by atoms with Gasteiger partial charge in [0.15, 0.2) is 5.75 Å². The zero-order valence-corrected chi connectivity index (χ0v) is 18.5. The zero-order chi connectivity index (χ0) is 22.8. The number of carbonyl (C=O) groups is 2. The van der Waals surface area contributed by atoms with E-state index in [2.05, 4.69) is 25.7 Å². The smallest absolute Gasteiger partial charge is 0.327 e. The van der Waals surface area contributed by atoms with Gasteiger partial charge in [-0.3, -0.25) is 25.1 Å². The van der Waals surface area contributed by atoms with Gasteiger partial charge in [0, 0.05) is 36.5 Å². The Morgan fingerprint density at radius 1 is 1.16 bits per heavy atom. The van der Waals surface area contributed by atoms with Crippen LogP contribution >= 0.6 is 0 Å². The highest BCUT2D eigenvalue weighted by molar-refractivity contribution is 6.02. The van der Waals surface area contributed by atoms with Crippen LogP contribution in [0.15, 0.2) is 36.8 Å². The van der Waals surface area contributed by atoms with Crippen LogP contribution in [0.5, 0.6) is 11.5 Å². The predicted molar refractivity (Wildman–Crippen MR) is 117 cm³/mol. The molecule has 0 unspecified atom stereocenters. The van der Waals surface area contributed by atoms with E-state index in [-0.39, 0.29) is 5.91 Å². The predicted octanol–water partition coefficient (Wildman–Crippen LogP) is 3.98. The minimum Gasteiger partial charge on any atom is -0.455 e. The van der Waals surface area contributed by atoms with Crippen LogP contribution in [-0.4, -0.2) is 31.7 Å². The van der Waals surface area contributed by atoms with E-state index in [0.717, 1.165) is 16.8 Å². The Kier molecular flexibility index (Phi) is 6.05. The molecule has 31 heavy (non-hydrogen) atoms. The number of aryl methyl sites for hydroxylation is 3. The van der Waals surface area contributed by atoms with Crippen molar-refractivity contribution in [2.24, 2.45) is 12.5 Å². The second kappa shape index (κ2) is 8.55. The molecule has 3 aromatic rings. The summed E-state index contributed by atoms with van der Waals surface area (Å²) in [4.78, 5) is 32.8. The van der Waals surface area contributed by atoms with Crippen LogP contribution in [0.1, 0.15) is 32.0 Å². The molecule has 0 saturated carbocycles. The molecular formula is C22H26N6O3. The third-order valence-corrected chi connectivity index (χ3v) is 4.43. The molecule has 0 fully saturated rings. The van der Waals surface area contributed by atoms with Crippen LogP contribution < -0.4 is 15.4 Å². The number of rotatable bonds is 4. The molecule has 0 aliphatic rings. The fourth-order valence-corrected chi connectivity index (χ4v) is 2.78. The number of urea groups is 1. The Balaban J connectivity index is 1.75. The lowest BCUT2D eigenvalue weighted by molar-refractivity contribution is -0.127. The number of nitrogens with zero attached hydrogens (tertiary/aromatic N) is 4. The first kappa shape index (κ1) is 21.9. The van der Waals surface area contributed by atoms with Crippen molar-refractivity contribution in [3.63, 3.8) is 0 Å². The van der Waals surface area contributed by atoms with E-state index in [1.54, 1.807) is 56.9 Å². The van der Waals surface area contributed by atoms with Crippen LogP contribution in [0.25, 0.3) is 11.3 Å². The van der Waals surface area contributed by atoms with Crippen LogP contribution in [0.2, 0.25) is 0 Å². The minimum absolute atomic E-state index is 0.326. The summed E-state index contributed by atoms with van der Waals surface area (Å²) >= 11 is 0. The van der Waals surface area contributed by atoms with Crippen molar-refractivity contribution in [1.82, 2.24) is 25.1 Å². The topological polar surface area (TPSA) is 111 Å². The van der Waals surface area contributed by atoms with Crippen molar-refractivity contribution in [3.8, 4) is 22.8 Å². The number of amides is 3. The van der Waals surface area contributed by atoms with E-state index in [1.165, 1.54) is 0 Å². The average molecular weight is 422 g/mol. The number of carbonyl (C=O) groups excluding carboxylic acids is 2. The van der Waals surface area contributed by atoms with Gasteiger partial charge in [0.1, 0.15) is 11.6 Å². The van der Waals surface area contributed by atoms with Gasteiger partial charge in [0.2, 0.25) is 5.91 Å². The second-order valence-corrected chi connectivity index (χ2v) is 8.28. The average Bonchev–Trinajstić information content (AvgIpc) is 3.10. The summed E-state index contributed by atoms with van der Waals surface area (Å²) in [7, 11) is 1.84. The fraction of sp³-hybridized carbons (Fsp3) is 0.318. The normalized spacial score (nSPS) is 11.2. The first-order valence-electron chi connectivity index (χ1n) is 9.76. The number of pyridine rings is 2. The summed E-state index contributed by atoms with van der Waals surface area (Å²) in [5.74, 6) is 1.14. The molecule has 2 N–H and O–H groups in total. The second-order valence-electron chi connectivity index (χ2n) is 8.28. The summed E-state index contributed by atoms with van der Waals surface area (Å²) in [6, 6.07) is 4.65. The van der Waals surface area contributed by atoms with Crippen LogP contribution in [0, 0.1) is 19.3 Å². The minimum atomic E-state index is -0.673. The molecule has 0 spiro atoms. The van der Waals surface area contributed by atoms with Crippen molar-refractivity contribution in [1.29, 1.82) is 0 Å². The molecule has 9 heteroatoms. The van der Waals surface area contributed by atoms with E-state index in [1.807, 2.05) is 26.2 Å². The van der Waals surface area contributed by atoms with E-state index in [9.17, 15) is 9.59 Å². The molecule has 0 aliphatic heterocycles. The Bertz CT molecular complexity index is 1110. The highest BCUT2D eigenvalue weighted by Crippen LogP contribution is 2.31. The van der Waals surface area contributed by atoms with E-state index < -0.39 is 11.4 Å². The van der Waals surface area contributed by atoms with Crippen LogP contribution in [-0.2, 0) is 11.8 Å². The van der Waals surface area contributed by atoms with Crippen molar-refractivity contribution in [2.45, 2.75) is 34.6 Å². The molecule has 3 rings (SSSR count). The SMILES string of the molecule is Cc1cc(NC(=O)NC(=O)C(C)(C)C)nc(C)c1Oc1ccnc(-c2cnn(C)c2)c1. The Labute approximate surface area is 180 Å². The Morgan fingerprint density at radius 2 is 1.90 bits per heavy atom. The number of aromatic nitrogens is 4. The van der Waals surface area contributed by atoms with Gasteiger partial charge in [-0.05, 0) is 31.5 Å². The lowest BCUT2D eigenvalue weighted by atomic mass is 9.96. The molecule has 0 radical (unpaired) electrons. The highest BCUT2D eigenvalue weighted by atomic mass is 16.5. The Hall–Kier alpha value is -3.75. The monoisotopic (exact) mass is 422 g/mol. The van der Waals surface area contributed by atoms with Gasteiger partial charge >= 0.3 is 6.03 Å². The van der Waals surface area contributed by atoms with E-state index >= 15 is 0 Å². The van der Waals surface area contributed by atoms with Crippen molar-refractivity contribution < 1.29 is 14.3 Å². The number of hydrogen-bond donors (Lipinski definition) is 2. The summed E-state index contributed by atoms with van der Waals surface area (Å²) in [6.45, 7) is 8.83. The van der Waals surface area contributed by atoms with Gasteiger partial charge in [-0.1, -0.05) is 20.8 Å². The largest absolute Gasteiger partial charge is 0.455 e. The van der Waals surface area contributed by atoms with Crippen molar-refractivity contribution in [2.75, 3.05) is 5.32 Å². The van der Waals surface area contributed by atoms with Gasteiger partial charge in [0.25, 0.3) is 0 Å². The fourth-order valence-electron chi connectivity index (χ4n) is 2.78. The number of nitrogens with one attached hydrogen (secondary N) is 2. The third-order valence-electron chi connectivity index (χ3n) is 4.43. The molecule has 9 nitrogen and oxygen atoms in total. The molecule has 0 atom stereocenters. The van der Waals surface area contributed by atoms with E-state index in [0.29, 0.717) is 23.0 Å². The molecule has 0 aromatic carbocycles. The lowest BCUT2D eigenvalue weighted by Crippen LogP contribution is -2.41. The van der Waals surface area contributed by atoms with Gasteiger partial charge in [-0.2, -0.15) is 5.10 Å². The Morgan fingerprint density at radius 3 is 2.52 bits per heavy atom. The van der Waals surface area contributed by atoms with Crippen LogP contribution in [0.3, 0.4) is 0 Å². The number of anilines is 1. The maximum atomic E-state index is 12.1. The van der Waals surface area contributed by atoms with Crippen LogP contribution in [0.4, 0.5) is 10.6 Å². The van der Waals surface area contributed by atoms with Gasteiger partial charge < -0.3 is 4.74 Å². The summed E-state index contributed by atoms with van der Waals surface area (Å²) < 4.78 is 7.77. The molecule has 0 bridgehead atoms. The number of imide groups is 1. The van der Waals surface area contributed by atoms with Gasteiger partial charge in [-0.15, -0.1) is 0 Å². The van der Waals surface area contributed by atoms with Crippen molar-refractivity contribution in [3.05, 3.63) is 48.0 Å². The quantitative estimate of drug-likeness (QED) is 0.658. The molecule has 0 aliphatic carbocycles. The zero-order valence-electron chi connectivity index (χ0n) is 18.5. The summed E-state index contributed by atoms with van der Waals surface area (Å²) in [5.41, 5.74) is 2.33. The van der Waals surface area contributed by atoms with Gasteiger partial charge in [0.05, 0.1) is 17.6 Å². The number of ether oxygens (including phenoxy) is 1. The first-order valence-corrected chi connectivity index (χ1v) is 9.76. The van der Waals surface area contributed by atoms with Gasteiger partial charge in [-0.25, -0.2) is 9.78 Å². The summed E-state index contributed by atoms with van der Waals surface area (Å²) in [6.07, 6.45) is 5.28. The summed E-state index contributed by atoms with van der Waals surface area (Å²) in [5, 5.41) is 9.07. The first-order chi connectivity index (χ1) is 14.5.